The van der Waals surface area contributed by atoms with Crippen molar-refractivity contribution in [3.8, 4) is 11.1 Å². The van der Waals surface area contributed by atoms with Crippen molar-refractivity contribution in [1.29, 1.82) is 0 Å². The van der Waals surface area contributed by atoms with Crippen molar-refractivity contribution < 1.29 is 14.7 Å². The van der Waals surface area contributed by atoms with Gasteiger partial charge in [0.2, 0.25) is 0 Å². The number of fused-ring (bicyclic) bond motifs is 1. The zero-order valence-electron chi connectivity index (χ0n) is 18.4. The third kappa shape index (κ3) is 4.48. The van der Waals surface area contributed by atoms with Gasteiger partial charge in [0.25, 0.3) is 0 Å². The Morgan fingerprint density at radius 3 is 2.59 bits per heavy atom. The van der Waals surface area contributed by atoms with Gasteiger partial charge in [0.1, 0.15) is 0 Å². The molecule has 0 spiro atoms. The quantitative estimate of drug-likeness (QED) is 0.465. The molecular formula is C24H23N7O3. The Hall–Kier alpha value is -4.18. The minimum absolute atomic E-state index is 0.197. The standard InChI is InChI=1S/C24H23N7O3/c32-23(33)22-20-11-17(18-10-16(12-25-13-18)15-30-8-2-1-3-9-30)4-5-21(20)31(29-22)24(34)28-19-6-7-26-27-14-19/h4-7,10-14H,1-3,8-9,15H2,(H,32,33)(H,26,28,34). The highest BCUT2D eigenvalue weighted by Gasteiger charge is 2.21. The Labute approximate surface area is 195 Å². The van der Waals surface area contributed by atoms with Gasteiger partial charge in [-0.05, 0) is 61.3 Å². The van der Waals surface area contributed by atoms with E-state index in [-0.39, 0.29) is 5.69 Å². The van der Waals surface area contributed by atoms with Crippen molar-refractivity contribution in [3.63, 3.8) is 0 Å². The number of hydrogen-bond acceptors (Lipinski definition) is 7. The number of nitrogens with zero attached hydrogens (tertiary/aromatic N) is 6. The van der Waals surface area contributed by atoms with Crippen LogP contribution in [0, 0.1) is 0 Å². The minimum atomic E-state index is -1.21. The van der Waals surface area contributed by atoms with Crippen molar-refractivity contribution in [2.24, 2.45) is 0 Å². The Morgan fingerprint density at radius 2 is 1.82 bits per heavy atom. The average molecular weight is 457 g/mol. The number of carboxylic acids is 1. The number of benzene rings is 1. The number of nitrogens with one attached hydrogen (secondary N) is 1. The fourth-order valence-corrected chi connectivity index (χ4v) is 4.26. The van der Waals surface area contributed by atoms with Crippen LogP contribution in [0.25, 0.3) is 22.0 Å². The molecule has 0 atom stereocenters. The van der Waals surface area contributed by atoms with Crippen molar-refractivity contribution in [1.82, 2.24) is 29.9 Å². The molecule has 172 valence electrons. The van der Waals surface area contributed by atoms with E-state index in [0.717, 1.165) is 41.0 Å². The van der Waals surface area contributed by atoms with Crippen LogP contribution in [0.1, 0.15) is 35.3 Å². The number of carboxylic acid groups (broad SMARTS) is 1. The maximum atomic E-state index is 12.8. The molecule has 2 N–H and O–H groups in total. The molecule has 10 nitrogen and oxygen atoms in total. The van der Waals surface area contributed by atoms with Gasteiger partial charge >= 0.3 is 12.0 Å². The number of anilines is 1. The lowest BCUT2D eigenvalue weighted by Crippen LogP contribution is -2.29. The molecule has 1 amide bonds. The van der Waals surface area contributed by atoms with E-state index in [4.69, 9.17) is 0 Å². The zero-order chi connectivity index (χ0) is 23.5. The first-order valence-corrected chi connectivity index (χ1v) is 11.1. The van der Waals surface area contributed by atoms with Gasteiger partial charge in [-0.25, -0.2) is 9.59 Å². The second-order valence-electron chi connectivity index (χ2n) is 8.28. The van der Waals surface area contributed by atoms with Crippen LogP contribution in [-0.4, -0.2) is 60.1 Å². The fourth-order valence-electron chi connectivity index (χ4n) is 4.26. The van der Waals surface area contributed by atoms with E-state index in [2.05, 4.69) is 36.6 Å². The van der Waals surface area contributed by atoms with Gasteiger partial charge in [0.15, 0.2) is 5.69 Å². The van der Waals surface area contributed by atoms with Crippen LogP contribution in [0.3, 0.4) is 0 Å². The van der Waals surface area contributed by atoms with E-state index in [1.807, 2.05) is 12.3 Å². The van der Waals surface area contributed by atoms with E-state index in [9.17, 15) is 14.7 Å². The monoisotopic (exact) mass is 457 g/mol. The Morgan fingerprint density at radius 1 is 0.971 bits per heavy atom. The van der Waals surface area contributed by atoms with Gasteiger partial charge in [-0.3, -0.25) is 9.88 Å². The summed E-state index contributed by atoms with van der Waals surface area (Å²) in [4.78, 5) is 31.5. The molecule has 34 heavy (non-hydrogen) atoms. The van der Waals surface area contributed by atoms with Crippen molar-refractivity contribution in [3.05, 3.63) is 66.4 Å². The largest absolute Gasteiger partial charge is 0.476 e. The summed E-state index contributed by atoms with van der Waals surface area (Å²) in [6.07, 6.45) is 10.2. The lowest BCUT2D eigenvalue weighted by Gasteiger charge is -2.26. The predicted octanol–water partition coefficient (Wildman–Crippen LogP) is 3.65. The van der Waals surface area contributed by atoms with Gasteiger partial charge in [0.05, 0.1) is 23.6 Å². The van der Waals surface area contributed by atoms with Crippen LogP contribution < -0.4 is 5.32 Å². The smallest absolute Gasteiger partial charge is 0.357 e. The highest BCUT2D eigenvalue weighted by atomic mass is 16.4. The van der Waals surface area contributed by atoms with Gasteiger partial charge in [-0.15, -0.1) is 0 Å². The van der Waals surface area contributed by atoms with Crippen LogP contribution in [0.2, 0.25) is 0 Å². The molecule has 10 heteroatoms. The molecule has 0 saturated carbocycles. The summed E-state index contributed by atoms with van der Waals surface area (Å²) in [5.74, 6) is -1.21. The first kappa shape index (κ1) is 21.7. The summed E-state index contributed by atoms with van der Waals surface area (Å²) in [6, 6.07) is 8.35. The summed E-state index contributed by atoms with van der Waals surface area (Å²) >= 11 is 0. The molecule has 5 rings (SSSR count). The number of hydrogen-bond donors (Lipinski definition) is 2. The second-order valence-corrected chi connectivity index (χ2v) is 8.28. The molecule has 0 unspecified atom stereocenters. The third-order valence-corrected chi connectivity index (χ3v) is 5.89. The van der Waals surface area contributed by atoms with Gasteiger partial charge in [0, 0.05) is 29.9 Å². The van der Waals surface area contributed by atoms with Crippen molar-refractivity contribution >= 4 is 28.6 Å². The van der Waals surface area contributed by atoms with E-state index in [1.54, 1.807) is 24.4 Å². The number of carbonyl (C=O) groups excluding carboxylic acids is 1. The first-order chi connectivity index (χ1) is 16.6. The number of aromatic carboxylic acids is 1. The number of likely N-dealkylation sites (tertiary alicyclic amines) is 1. The number of carbonyl (C=O) groups is 2. The second kappa shape index (κ2) is 9.36. The van der Waals surface area contributed by atoms with Crippen LogP contribution in [0.4, 0.5) is 10.5 Å². The molecule has 1 saturated heterocycles. The molecule has 0 aliphatic carbocycles. The maximum absolute atomic E-state index is 12.8. The number of pyridine rings is 1. The third-order valence-electron chi connectivity index (χ3n) is 5.89. The van der Waals surface area contributed by atoms with E-state index in [1.165, 1.54) is 31.7 Å². The van der Waals surface area contributed by atoms with E-state index >= 15 is 0 Å². The maximum Gasteiger partial charge on any atom is 0.357 e. The first-order valence-electron chi connectivity index (χ1n) is 11.1. The van der Waals surface area contributed by atoms with Crippen molar-refractivity contribution in [2.75, 3.05) is 18.4 Å². The fraction of sp³-hybridized carbons (Fsp3) is 0.250. The normalized spacial score (nSPS) is 14.2. The Bertz CT molecular complexity index is 1350. The van der Waals surface area contributed by atoms with Crippen LogP contribution in [0.15, 0.2) is 55.1 Å². The lowest BCUT2D eigenvalue weighted by molar-refractivity contribution is 0.0692. The molecule has 4 aromatic rings. The molecule has 4 heterocycles. The number of piperidine rings is 1. The van der Waals surface area contributed by atoms with Gasteiger partial charge in [-0.1, -0.05) is 12.5 Å². The highest BCUT2D eigenvalue weighted by Crippen LogP contribution is 2.28. The number of aromatic nitrogens is 5. The molecule has 3 aromatic heterocycles. The van der Waals surface area contributed by atoms with Gasteiger partial charge in [-0.2, -0.15) is 20.0 Å². The molecule has 1 aliphatic heterocycles. The minimum Gasteiger partial charge on any atom is -0.476 e. The summed E-state index contributed by atoms with van der Waals surface area (Å²) in [5.41, 5.74) is 3.41. The Balaban J connectivity index is 1.47. The van der Waals surface area contributed by atoms with Gasteiger partial charge < -0.3 is 10.4 Å². The molecule has 1 fully saturated rings. The lowest BCUT2D eigenvalue weighted by atomic mass is 10.0. The molecule has 1 aromatic carbocycles. The summed E-state index contributed by atoms with van der Waals surface area (Å²) in [6.45, 7) is 3.02. The van der Waals surface area contributed by atoms with Crippen LogP contribution >= 0.6 is 0 Å². The van der Waals surface area contributed by atoms with E-state index < -0.39 is 12.0 Å². The molecule has 0 bridgehead atoms. The SMILES string of the molecule is O=C(O)c1nn(C(=O)Nc2ccnnc2)c2ccc(-c3cncc(CN4CCCCC4)c3)cc12. The Kier molecular flexibility index (Phi) is 5.96. The average Bonchev–Trinajstić information content (AvgIpc) is 3.25. The van der Waals surface area contributed by atoms with Crippen LogP contribution in [0.5, 0.6) is 0 Å². The number of amides is 1. The zero-order valence-corrected chi connectivity index (χ0v) is 18.4. The molecule has 1 aliphatic rings. The molecule has 0 radical (unpaired) electrons. The highest BCUT2D eigenvalue weighted by molar-refractivity contribution is 6.06. The number of rotatable bonds is 5. The van der Waals surface area contributed by atoms with Crippen LogP contribution in [-0.2, 0) is 6.54 Å². The summed E-state index contributed by atoms with van der Waals surface area (Å²) in [7, 11) is 0. The summed E-state index contributed by atoms with van der Waals surface area (Å²) < 4.78 is 1.05. The van der Waals surface area contributed by atoms with Crippen molar-refractivity contribution in [2.45, 2.75) is 25.8 Å². The molecular weight excluding hydrogens is 434 g/mol. The topological polar surface area (TPSA) is 126 Å². The predicted molar refractivity (Wildman–Crippen MR) is 126 cm³/mol. The van der Waals surface area contributed by atoms with E-state index in [0.29, 0.717) is 16.6 Å². The summed E-state index contributed by atoms with van der Waals surface area (Å²) in [5, 5.41) is 24.2.